The Balaban J connectivity index is 1.66. The Hall–Kier alpha value is -2.19. The van der Waals surface area contributed by atoms with Crippen molar-refractivity contribution in [1.29, 1.82) is 0 Å². The van der Waals surface area contributed by atoms with Crippen molar-refractivity contribution in [2.45, 2.75) is 11.6 Å². The average molecular weight is 408 g/mol. The van der Waals surface area contributed by atoms with Crippen molar-refractivity contribution in [2.24, 2.45) is 0 Å². The molecule has 0 radical (unpaired) electrons. The summed E-state index contributed by atoms with van der Waals surface area (Å²) >= 11 is 3.31. The van der Waals surface area contributed by atoms with Crippen LogP contribution in [0.3, 0.4) is 0 Å². The van der Waals surface area contributed by atoms with Gasteiger partial charge in [0.15, 0.2) is 0 Å². The molecule has 0 unspecified atom stereocenters. The van der Waals surface area contributed by atoms with E-state index >= 15 is 0 Å². The molecule has 0 atom stereocenters. The summed E-state index contributed by atoms with van der Waals surface area (Å²) in [6.07, 6.45) is -0.143. The van der Waals surface area contributed by atoms with Gasteiger partial charge in [-0.2, -0.15) is 0 Å². The summed E-state index contributed by atoms with van der Waals surface area (Å²) < 4.78 is 25.5. The SMILES string of the molecule is O=C(CCS(=O)(=O)c1nc2ccccc2[nH]1)Nc1ccc(Br)cc1. The molecule has 0 bridgehead atoms. The number of nitrogens with zero attached hydrogens (tertiary/aromatic N) is 1. The van der Waals surface area contributed by atoms with E-state index in [0.29, 0.717) is 16.7 Å². The van der Waals surface area contributed by atoms with E-state index in [-0.39, 0.29) is 23.2 Å². The summed E-state index contributed by atoms with van der Waals surface area (Å²) in [6, 6.07) is 14.1. The second-order valence-corrected chi connectivity index (χ2v) is 8.12. The Kier molecular flexibility index (Phi) is 4.68. The minimum atomic E-state index is -3.65. The minimum absolute atomic E-state index is 0.111. The molecular weight excluding hydrogens is 394 g/mol. The van der Waals surface area contributed by atoms with Crippen molar-refractivity contribution in [3.63, 3.8) is 0 Å². The van der Waals surface area contributed by atoms with Crippen LogP contribution in [-0.4, -0.2) is 30.0 Å². The Morgan fingerprint density at radius 3 is 2.54 bits per heavy atom. The van der Waals surface area contributed by atoms with Crippen molar-refractivity contribution in [1.82, 2.24) is 9.97 Å². The maximum atomic E-state index is 12.3. The third-order valence-corrected chi connectivity index (χ3v) is 5.44. The Morgan fingerprint density at radius 1 is 1.12 bits per heavy atom. The molecule has 2 aromatic carbocycles. The van der Waals surface area contributed by atoms with E-state index in [1.54, 1.807) is 48.5 Å². The molecule has 1 amide bonds. The van der Waals surface area contributed by atoms with Crippen LogP contribution in [0.1, 0.15) is 6.42 Å². The maximum absolute atomic E-state index is 12.3. The van der Waals surface area contributed by atoms with Crippen LogP contribution in [0.25, 0.3) is 11.0 Å². The lowest BCUT2D eigenvalue weighted by Gasteiger charge is -2.05. The van der Waals surface area contributed by atoms with Crippen molar-refractivity contribution < 1.29 is 13.2 Å². The molecule has 24 heavy (non-hydrogen) atoms. The number of hydrogen-bond acceptors (Lipinski definition) is 4. The summed E-state index contributed by atoms with van der Waals surface area (Å²) in [5, 5.41) is 2.55. The van der Waals surface area contributed by atoms with Crippen LogP contribution >= 0.6 is 15.9 Å². The van der Waals surface area contributed by atoms with Gasteiger partial charge >= 0.3 is 0 Å². The van der Waals surface area contributed by atoms with E-state index in [1.807, 2.05) is 0 Å². The molecule has 3 rings (SSSR count). The quantitative estimate of drug-likeness (QED) is 0.679. The first-order valence-corrected chi connectivity index (χ1v) is 9.61. The molecule has 3 aromatic rings. The number of aromatic amines is 1. The number of rotatable bonds is 5. The molecule has 124 valence electrons. The number of sulfone groups is 1. The van der Waals surface area contributed by atoms with E-state index in [9.17, 15) is 13.2 Å². The summed E-state index contributed by atoms with van der Waals surface area (Å²) in [5.74, 6) is -0.674. The van der Waals surface area contributed by atoms with Crippen LogP contribution in [0, 0.1) is 0 Å². The molecular formula is C16H14BrN3O3S. The number of halogens is 1. The average Bonchev–Trinajstić information content (AvgIpc) is 3.00. The second-order valence-electron chi connectivity index (χ2n) is 5.18. The molecule has 0 saturated heterocycles. The highest BCUT2D eigenvalue weighted by Crippen LogP contribution is 2.17. The van der Waals surface area contributed by atoms with Gasteiger partial charge < -0.3 is 10.3 Å². The predicted molar refractivity (Wildman–Crippen MR) is 95.5 cm³/mol. The normalized spacial score (nSPS) is 11.5. The second kappa shape index (κ2) is 6.74. The third-order valence-electron chi connectivity index (χ3n) is 3.39. The van der Waals surface area contributed by atoms with Gasteiger partial charge in [0, 0.05) is 16.6 Å². The fraction of sp³-hybridized carbons (Fsp3) is 0.125. The molecule has 0 spiro atoms. The molecule has 6 nitrogen and oxygen atoms in total. The van der Waals surface area contributed by atoms with Crippen LogP contribution in [0.15, 0.2) is 58.2 Å². The number of fused-ring (bicyclic) bond motifs is 1. The molecule has 1 heterocycles. The number of hydrogen-bond donors (Lipinski definition) is 2. The highest BCUT2D eigenvalue weighted by Gasteiger charge is 2.20. The van der Waals surface area contributed by atoms with Crippen molar-refractivity contribution in [3.8, 4) is 0 Å². The molecule has 0 aliphatic heterocycles. The zero-order chi connectivity index (χ0) is 17.2. The maximum Gasteiger partial charge on any atom is 0.226 e. The monoisotopic (exact) mass is 407 g/mol. The first kappa shape index (κ1) is 16.7. The van der Waals surface area contributed by atoms with E-state index in [1.165, 1.54) is 0 Å². The van der Waals surface area contributed by atoms with Crippen LogP contribution in [0.5, 0.6) is 0 Å². The molecule has 8 heteroatoms. The van der Waals surface area contributed by atoms with Gasteiger partial charge in [-0.3, -0.25) is 4.79 Å². The highest BCUT2D eigenvalue weighted by molar-refractivity contribution is 9.10. The number of H-pyrrole nitrogens is 1. The summed E-state index contributed by atoms with van der Waals surface area (Å²) in [5.41, 5.74) is 1.84. The largest absolute Gasteiger partial charge is 0.329 e. The zero-order valence-electron chi connectivity index (χ0n) is 12.5. The van der Waals surface area contributed by atoms with Crippen molar-refractivity contribution in [3.05, 3.63) is 53.0 Å². The van der Waals surface area contributed by atoms with E-state index in [2.05, 4.69) is 31.2 Å². The molecule has 1 aromatic heterocycles. The van der Waals surface area contributed by atoms with Gasteiger partial charge in [-0.1, -0.05) is 28.1 Å². The summed E-state index contributed by atoms with van der Waals surface area (Å²) in [7, 11) is -3.65. The van der Waals surface area contributed by atoms with E-state index < -0.39 is 9.84 Å². The Bertz CT molecular complexity index is 948. The zero-order valence-corrected chi connectivity index (χ0v) is 14.9. The smallest absolute Gasteiger partial charge is 0.226 e. The van der Waals surface area contributed by atoms with Gasteiger partial charge in [0.25, 0.3) is 0 Å². The lowest BCUT2D eigenvalue weighted by molar-refractivity contribution is -0.115. The Labute approximate surface area is 147 Å². The van der Waals surface area contributed by atoms with Crippen LogP contribution in [-0.2, 0) is 14.6 Å². The van der Waals surface area contributed by atoms with Gasteiger partial charge in [0.05, 0.1) is 16.8 Å². The number of carbonyl (C=O) groups is 1. The van der Waals surface area contributed by atoms with E-state index in [0.717, 1.165) is 4.47 Å². The van der Waals surface area contributed by atoms with Crippen molar-refractivity contribution in [2.75, 3.05) is 11.1 Å². The Morgan fingerprint density at radius 2 is 1.83 bits per heavy atom. The van der Waals surface area contributed by atoms with Gasteiger partial charge in [0.1, 0.15) is 0 Å². The van der Waals surface area contributed by atoms with Crippen LogP contribution in [0.2, 0.25) is 0 Å². The molecule has 0 aliphatic rings. The fourth-order valence-electron chi connectivity index (χ4n) is 2.16. The number of imidazole rings is 1. The number of aromatic nitrogens is 2. The molecule has 2 N–H and O–H groups in total. The van der Waals surface area contributed by atoms with Gasteiger partial charge in [-0.15, -0.1) is 0 Å². The van der Waals surface area contributed by atoms with E-state index in [4.69, 9.17) is 0 Å². The molecule has 0 aliphatic carbocycles. The first-order chi connectivity index (χ1) is 11.4. The topological polar surface area (TPSA) is 91.9 Å². The number of carbonyl (C=O) groups excluding carboxylic acids is 1. The van der Waals surface area contributed by atoms with Crippen LogP contribution < -0.4 is 5.32 Å². The summed E-state index contributed by atoms with van der Waals surface area (Å²) in [4.78, 5) is 18.8. The minimum Gasteiger partial charge on any atom is -0.329 e. The number of benzene rings is 2. The highest BCUT2D eigenvalue weighted by atomic mass is 79.9. The van der Waals surface area contributed by atoms with Gasteiger partial charge in [0.2, 0.25) is 20.9 Å². The number of nitrogens with one attached hydrogen (secondary N) is 2. The fourth-order valence-corrected chi connectivity index (χ4v) is 3.57. The standard InChI is InChI=1S/C16H14BrN3O3S/c17-11-5-7-12(8-6-11)18-15(21)9-10-24(22,23)16-19-13-3-1-2-4-14(13)20-16/h1-8H,9-10H2,(H,18,21)(H,19,20). The van der Waals surface area contributed by atoms with Gasteiger partial charge in [-0.05, 0) is 36.4 Å². The molecule has 0 fully saturated rings. The predicted octanol–water partition coefficient (Wildman–Crippen LogP) is 3.13. The number of para-hydroxylation sites is 2. The number of amides is 1. The number of anilines is 1. The lowest BCUT2D eigenvalue weighted by Crippen LogP contribution is -2.18. The van der Waals surface area contributed by atoms with Crippen LogP contribution in [0.4, 0.5) is 5.69 Å². The summed E-state index contributed by atoms with van der Waals surface area (Å²) in [6.45, 7) is 0. The van der Waals surface area contributed by atoms with Gasteiger partial charge in [-0.25, -0.2) is 13.4 Å². The van der Waals surface area contributed by atoms with Crippen molar-refractivity contribution >= 4 is 48.4 Å². The molecule has 0 saturated carbocycles. The first-order valence-electron chi connectivity index (χ1n) is 7.17. The lowest BCUT2D eigenvalue weighted by atomic mass is 10.3. The third kappa shape index (κ3) is 3.82.